The van der Waals surface area contributed by atoms with E-state index in [9.17, 15) is 0 Å². The first-order chi connectivity index (χ1) is 8.02. The summed E-state index contributed by atoms with van der Waals surface area (Å²) in [5.74, 6) is 0.852. The van der Waals surface area contributed by atoms with Gasteiger partial charge in [0.25, 0.3) is 0 Å². The van der Waals surface area contributed by atoms with Crippen molar-refractivity contribution in [3.8, 4) is 0 Å². The lowest BCUT2D eigenvalue weighted by molar-refractivity contribution is 0.634. The fraction of sp³-hybridized carbons (Fsp3) is 0.667. The van der Waals surface area contributed by atoms with Crippen LogP contribution in [0.15, 0.2) is 11.2 Å². The number of rotatable bonds is 5. The molecule has 0 radical (unpaired) electrons. The molecule has 2 unspecified atom stereocenters. The first kappa shape index (κ1) is 14.0. The number of aromatic nitrogens is 1. The highest BCUT2D eigenvalue weighted by Crippen LogP contribution is 2.20. The molecule has 0 fully saturated rings. The number of nitrogens with zero attached hydrogens (tertiary/aromatic N) is 2. The average Bonchev–Trinajstić information content (AvgIpc) is 2.72. The van der Waals surface area contributed by atoms with Crippen molar-refractivity contribution in [2.24, 2.45) is 10.7 Å². The van der Waals surface area contributed by atoms with E-state index in [1.807, 2.05) is 6.20 Å². The Labute approximate surface area is 107 Å². The van der Waals surface area contributed by atoms with E-state index in [0.29, 0.717) is 24.5 Å². The van der Waals surface area contributed by atoms with Gasteiger partial charge in [0, 0.05) is 23.0 Å². The molecular weight excluding hydrogens is 232 g/mol. The summed E-state index contributed by atoms with van der Waals surface area (Å²) in [6.07, 6.45) is 2.94. The van der Waals surface area contributed by atoms with Crippen molar-refractivity contribution in [3.05, 3.63) is 16.1 Å². The molecule has 3 N–H and O–H groups in total. The number of aliphatic imine (C=N–C) groups is 1. The van der Waals surface area contributed by atoms with Crippen LogP contribution in [0.25, 0.3) is 0 Å². The van der Waals surface area contributed by atoms with Crippen molar-refractivity contribution in [1.82, 2.24) is 10.3 Å². The predicted octanol–water partition coefficient (Wildman–Crippen LogP) is 2.26. The molecule has 96 valence electrons. The number of nitrogens with two attached hydrogens (primary N) is 1. The van der Waals surface area contributed by atoms with Crippen molar-refractivity contribution in [2.75, 3.05) is 6.54 Å². The maximum atomic E-state index is 5.80. The second-order valence-electron chi connectivity index (χ2n) is 4.39. The van der Waals surface area contributed by atoms with Crippen LogP contribution in [0.4, 0.5) is 0 Å². The SMILES string of the molecule is CCC(C)NC(N)=NCC(C)c1ncc(C)s1. The van der Waals surface area contributed by atoms with Gasteiger partial charge in [-0.2, -0.15) is 0 Å². The summed E-state index contributed by atoms with van der Waals surface area (Å²) >= 11 is 1.72. The topological polar surface area (TPSA) is 63.3 Å². The zero-order chi connectivity index (χ0) is 12.8. The molecule has 0 aromatic carbocycles. The van der Waals surface area contributed by atoms with Gasteiger partial charge in [-0.15, -0.1) is 11.3 Å². The van der Waals surface area contributed by atoms with Crippen LogP contribution >= 0.6 is 11.3 Å². The summed E-state index contributed by atoms with van der Waals surface area (Å²) in [4.78, 5) is 9.94. The number of thiazole rings is 1. The Hall–Kier alpha value is -1.10. The van der Waals surface area contributed by atoms with E-state index in [2.05, 4.69) is 43.0 Å². The fourth-order valence-electron chi connectivity index (χ4n) is 1.31. The summed E-state index contributed by atoms with van der Waals surface area (Å²) in [6, 6.07) is 0.371. The van der Waals surface area contributed by atoms with Crippen LogP contribution in [0.3, 0.4) is 0 Å². The monoisotopic (exact) mass is 254 g/mol. The lowest BCUT2D eigenvalue weighted by Gasteiger charge is -2.12. The average molecular weight is 254 g/mol. The molecule has 0 bridgehead atoms. The summed E-state index contributed by atoms with van der Waals surface area (Å²) in [5, 5.41) is 4.28. The van der Waals surface area contributed by atoms with Crippen LogP contribution in [-0.4, -0.2) is 23.5 Å². The number of hydrogen-bond donors (Lipinski definition) is 2. The molecule has 1 heterocycles. The second kappa shape index (κ2) is 6.59. The van der Waals surface area contributed by atoms with Crippen molar-refractivity contribution in [1.29, 1.82) is 0 Å². The number of aryl methyl sites for hydroxylation is 1. The predicted molar refractivity (Wildman–Crippen MR) is 74.6 cm³/mol. The summed E-state index contributed by atoms with van der Waals surface area (Å²) < 4.78 is 0. The zero-order valence-electron chi connectivity index (χ0n) is 11.0. The molecule has 17 heavy (non-hydrogen) atoms. The molecule has 1 aromatic heterocycles. The summed E-state index contributed by atoms with van der Waals surface area (Å²) in [5.41, 5.74) is 5.80. The Morgan fingerprint density at radius 3 is 2.82 bits per heavy atom. The highest BCUT2D eigenvalue weighted by atomic mass is 32.1. The lowest BCUT2D eigenvalue weighted by Crippen LogP contribution is -2.38. The molecule has 0 aliphatic rings. The first-order valence-electron chi connectivity index (χ1n) is 6.01. The Kier molecular flexibility index (Phi) is 5.41. The van der Waals surface area contributed by atoms with Gasteiger partial charge in [0.2, 0.25) is 0 Å². The van der Waals surface area contributed by atoms with Crippen molar-refractivity contribution >= 4 is 17.3 Å². The normalized spacial score (nSPS) is 15.6. The van der Waals surface area contributed by atoms with Crippen LogP contribution < -0.4 is 11.1 Å². The molecule has 1 rings (SSSR count). The Morgan fingerprint density at radius 2 is 2.29 bits per heavy atom. The van der Waals surface area contributed by atoms with Gasteiger partial charge < -0.3 is 11.1 Å². The van der Waals surface area contributed by atoms with Gasteiger partial charge in [-0.25, -0.2) is 4.98 Å². The van der Waals surface area contributed by atoms with Gasteiger partial charge in [-0.1, -0.05) is 13.8 Å². The molecule has 1 aromatic rings. The molecule has 4 nitrogen and oxygen atoms in total. The van der Waals surface area contributed by atoms with Gasteiger partial charge in [-0.3, -0.25) is 4.99 Å². The van der Waals surface area contributed by atoms with E-state index in [1.54, 1.807) is 11.3 Å². The first-order valence-corrected chi connectivity index (χ1v) is 6.83. The van der Waals surface area contributed by atoms with Crippen LogP contribution in [0.5, 0.6) is 0 Å². The molecular formula is C12H22N4S. The van der Waals surface area contributed by atoms with Gasteiger partial charge >= 0.3 is 0 Å². The highest BCUT2D eigenvalue weighted by molar-refractivity contribution is 7.11. The molecule has 0 amide bonds. The second-order valence-corrected chi connectivity index (χ2v) is 5.66. The third kappa shape index (κ3) is 4.73. The van der Waals surface area contributed by atoms with Crippen LogP contribution in [0, 0.1) is 6.92 Å². The maximum Gasteiger partial charge on any atom is 0.188 e. The maximum absolute atomic E-state index is 5.80. The number of nitrogens with one attached hydrogen (secondary N) is 1. The van der Waals surface area contributed by atoms with Crippen LogP contribution in [0.2, 0.25) is 0 Å². The number of hydrogen-bond acceptors (Lipinski definition) is 3. The lowest BCUT2D eigenvalue weighted by atomic mass is 10.2. The van der Waals surface area contributed by atoms with E-state index in [4.69, 9.17) is 5.73 Å². The zero-order valence-corrected chi connectivity index (χ0v) is 11.8. The van der Waals surface area contributed by atoms with Crippen LogP contribution in [0.1, 0.15) is 43.0 Å². The van der Waals surface area contributed by atoms with Gasteiger partial charge in [0.15, 0.2) is 5.96 Å². The molecule has 0 saturated heterocycles. The van der Waals surface area contributed by atoms with Crippen molar-refractivity contribution < 1.29 is 0 Å². The molecule has 0 spiro atoms. The van der Waals surface area contributed by atoms with E-state index in [0.717, 1.165) is 11.4 Å². The minimum absolute atomic E-state index is 0.325. The Bertz CT molecular complexity index is 372. The van der Waals surface area contributed by atoms with E-state index < -0.39 is 0 Å². The van der Waals surface area contributed by atoms with E-state index in [1.165, 1.54) is 4.88 Å². The molecule has 0 saturated carbocycles. The van der Waals surface area contributed by atoms with Gasteiger partial charge in [0.05, 0.1) is 11.6 Å². The minimum atomic E-state index is 0.325. The fourth-order valence-corrected chi connectivity index (χ4v) is 2.13. The molecule has 2 atom stereocenters. The quantitative estimate of drug-likeness (QED) is 0.626. The molecule has 5 heteroatoms. The highest BCUT2D eigenvalue weighted by Gasteiger charge is 2.09. The number of guanidine groups is 1. The third-order valence-electron chi connectivity index (χ3n) is 2.60. The van der Waals surface area contributed by atoms with Gasteiger partial charge in [0.1, 0.15) is 0 Å². The van der Waals surface area contributed by atoms with Crippen molar-refractivity contribution in [2.45, 2.75) is 46.1 Å². The largest absolute Gasteiger partial charge is 0.370 e. The Balaban J connectivity index is 2.46. The standard InChI is InChI=1S/C12H22N4S/c1-5-9(3)16-12(13)15-6-8(2)11-14-7-10(4)17-11/h7-9H,5-6H2,1-4H3,(H3,13,15,16). The van der Waals surface area contributed by atoms with E-state index in [-0.39, 0.29) is 0 Å². The van der Waals surface area contributed by atoms with Gasteiger partial charge in [-0.05, 0) is 20.3 Å². The third-order valence-corrected chi connectivity index (χ3v) is 3.75. The van der Waals surface area contributed by atoms with E-state index >= 15 is 0 Å². The van der Waals surface area contributed by atoms with Crippen molar-refractivity contribution in [3.63, 3.8) is 0 Å². The smallest absolute Gasteiger partial charge is 0.188 e. The summed E-state index contributed by atoms with van der Waals surface area (Å²) in [6.45, 7) is 9.08. The molecule has 0 aliphatic heterocycles. The van der Waals surface area contributed by atoms with Crippen LogP contribution in [-0.2, 0) is 0 Å². The minimum Gasteiger partial charge on any atom is -0.370 e. The Morgan fingerprint density at radius 1 is 1.59 bits per heavy atom. The summed E-state index contributed by atoms with van der Waals surface area (Å²) in [7, 11) is 0. The molecule has 0 aliphatic carbocycles.